The minimum atomic E-state index is -0.522. The van der Waals surface area contributed by atoms with Crippen LogP contribution in [0, 0.1) is 10.1 Å². The Morgan fingerprint density at radius 2 is 1.90 bits per heavy atom. The molecule has 0 aliphatic carbocycles. The molecule has 29 heavy (non-hydrogen) atoms. The largest absolute Gasteiger partial charge is 0.378 e. The van der Waals surface area contributed by atoms with Crippen molar-refractivity contribution in [3.63, 3.8) is 0 Å². The number of anilines is 2. The number of hydrogen-bond acceptors (Lipinski definition) is 6. The molecule has 1 aliphatic heterocycles. The van der Waals surface area contributed by atoms with Gasteiger partial charge in [0, 0.05) is 30.9 Å². The fourth-order valence-corrected chi connectivity index (χ4v) is 3.27. The van der Waals surface area contributed by atoms with Crippen LogP contribution in [0.15, 0.2) is 42.5 Å². The van der Waals surface area contributed by atoms with Crippen molar-refractivity contribution in [1.82, 2.24) is 5.32 Å². The van der Waals surface area contributed by atoms with E-state index >= 15 is 0 Å². The first kappa shape index (κ1) is 20.7. The second-order valence-corrected chi connectivity index (χ2v) is 6.92. The summed E-state index contributed by atoms with van der Waals surface area (Å²) in [4.78, 5) is 25.5. The van der Waals surface area contributed by atoms with Crippen LogP contribution in [0.4, 0.5) is 17.1 Å². The molecule has 2 aromatic carbocycles. The Labute approximate surface area is 174 Å². The van der Waals surface area contributed by atoms with Gasteiger partial charge in [0.15, 0.2) is 5.11 Å². The summed E-state index contributed by atoms with van der Waals surface area (Å²) in [6.07, 6.45) is 0.929. The normalized spacial score (nSPS) is 13.6. The van der Waals surface area contributed by atoms with E-state index in [4.69, 9.17) is 17.0 Å². The van der Waals surface area contributed by atoms with Crippen LogP contribution in [0.5, 0.6) is 0 Å². The number of nitrogens with one attached hydrogen (secondary N) is 2. The lowest BCUT2D eigenvalue weighted by atomic mass is 10.1. The van der Waals surface area contributed by atoms with Crippen LogP contribution in [0.2, 0.25) is 0 Å². The van der Waals surface area contributed by atoms with Crippen molar-refractivity contribution in [1.29, 1.82) is 0 Å². The highest BCUT2D eigenvalue weighted by Crippen LogP contribution is 2.26. The van der Waals surface area contributed by atoms with Gasteiger partial charge < -0.3 is 15.0 Å². The molecule has 1 aliphatic rings. The van der Waals surface area contributed by atoms with Crippen LogP contribution in [0.1, 0.15) is 22.8 Å². The van der Waals surface area contributed by atoms with Crippen molar-refractivity contribution in [3.05, 3.63) is 63.7 Å². The molecule has 1 fully saturated rings. The number of ether oxygens (including phenoxy) is 1. The second-order valence-electron chi connectivity index (χ2n) is 6.52. The zero-order valence-electron chi connectivity index (χ0n) is 16.0. The van der Waals surface area contributed by atoms with E-state index in [1.54, 1.807) is 6.07 Å². The maximum Gasteiger partial charge on any atom is 0.270 e. The van der Waals surface area contributed by atoms with Gasteiger partial charge in [0.1, 0.15) is 0 Å². The number of carbonyl (C=O) groups is 1. The minimum Gasteiger partial charge on any atom is -0.378 e. The lowest BCUT2D eigenvalue weighted by Crippen LogP contribution is -2.39. The minimum absolute atomic E-state index is 0.124. The number of nitro benzene ring substituents is 1. The Morgan fingerprint density at radius 3 is 2.52 bits per heavy atom. The first-order valence-electron chi connectivity index (χ1n) is 9.30. The first-order valence-corrected chi connectivity index (χ1v) is 9.71. The Hall–Kier alpha value is -3.04. The van der Waals surface area contributed by atoms with E-state index in [1.807, 2.05) is 29.2 Å². The van der Waals surface area contributed by atoms with Crippen LogP contribution in [0.25, 0.3) is 0 Å². The van der Waals surface area contributed by atoms with Crippen molar-refractivity contribution >= 4 is 40.3 Å². The second kappa shape index (κ2) is 9.44. The van der Waals surface area contributed by atoms with Gasteiger partial charge >= 0.3 is 0 Å². The van der Waals surface area contributed by atoms with E-state index in [0.717, 1.165) is 12.1 Å². The van der Waals surface area contributed by atoms with E-state index in [2.05, 4.69) is 17.6 Å². The summed E-state index contributed by atoms with van der Waals surface area (Å²) in [5.74, 6) is -0.502. The number of morpholine rings is 1. The van der Waals surface area contributed by atoms with Crippen molar-refractivity contribution in [2.75, 3.05) is 36.5 Å². The molecular weight excluding hydrogens is 392 g/mol. The summed E-state index contributed by atoms with van der Waals surface area (Å²) in [5.41, 5.74) is 2.61. The number of thiocarbonyl (C=S) groups is 1. The Morgan fingerprint density at radius 1 is 1.21 bits per heavy atom. The van der Waals surface area contributed by atoms with E-state index < -0.39 is 10.8 Å². The van der Waals surface area contributed by atoms with Gasteiger partial charge in [-0.2, -0.15) is 0 Å². The average Bonchev–Trinajstić information content (AvgIpc) is 2.74. The van der Waals surface area contributed by atoms with Gasteiger partial charge in [0.2, 0.25) is 0 Å². The maximum absolute atomic E-state index is 12.9. The molecule has 0 saturated carbocycles. The summed E-state index contributed by atoms with van der Waals surface area (Å²) in [6.45, 7) is 4.34. The maximum atomic E-state index is 12.9. The van der Waals surface area contributed by atoms with Crippen LogP contribution < -0.4 is 15.5 Å². The third-order valence-corrected chi connectivity index (χ3v) is 4.84. The van der Waals surface area contributed by atoms with Crippen molar-refractivity contribution in [3.8, 4) is 0 Å². The van der Waals surface area contributed by atoms with E-state index in [-0.39, 0.29) is 16.4 Å². The van der Waals surface area contributed by atoms with Crippen molar-refractivity contribution < 1.29 is 14.5 Å². The lowest BCUT2D eigenvalue weighted by molar-refractivity contribution is -0.384. The number of non-ortho nitro benzene ring substituents is 1. The molecule has 3 rings (SSSR count). The smallest absolute Gasteiger partial charge is 0.270 e. The lowest BCUT2D eigenvalue weighted by Gasteiger charge is -2.30. The predicted molar refractivity (Wildman–Crippen MR) is 116 cm³/mol. The zero-order chi connectivity index (χ0) is 20.8. The highest BCUT2D eigenvalue weighted by atomic mass is 32.1. The quantitative estimate of drug-likeness (QED) is 0.441. The monoisotopic (exact) mass is 414 g/mol. The first-order chi connectivity index (χ1) is 14.0. The average molecular weight is 414 g/mol. The molecular formula is C20H22N4O4S. The standard InChI is InChI=1S/C20H22N4O4S/c1-2-14-3-5-15(6-4-14)21-20(29)22-19(25)17-13-16(24(26)27)7-8-18(17)23-9-11-28-12-10-23/h3-8,13H,2,9-12H2,1H3,(H2,21,22,25,29). The zero-order valence-corrected chi connectivity index (χ0v) is 16.8. The van der Waals surface area contributed by atoms with Gasteiger partial charge in [-0.25, -0.2) is 0 Å². The highest BCUT2D eigenvalue weighted by Gasteiger charge is 2.22. The number of rotatable bonds is 5. The molecule has 0 radical (unpaired) electrons. The molecule has 1 heterocycles. The van der Waals surface area contributed by atoms with Crippen LogP contribution in [-0.2, 0) is 11.2 Å². The van der Waals surface area contributed by atoms with Gasteiger partial charge in [-0.05, 0) is 42.4 Å². The van der Waals surface area contributed by atoms with Crippen molar-refractivity contribution in [2.45, 2.75) is 13.3 Å². The molecule has 9 heteroatoms. The molecule has 0 aromatic heterocycles. The summed E-state index contributed by atoms with van der Waals surface area (Å²) >= 11 is 5.25. The number of aryl methyl sites for hydroxylation is 1. The van der Waals surface area contributed by atoms with Crippen LogP contribution in [0.3, 0.4) is 0 Å². The SMILES string of the molecule is CCc1ccc(NC(=S)NC(=O)c2cc([N+](=O)[O-])ccc2N2CCOCC2)cc1. The third-order valence-electron chi connectivity index (χ3n) is 4.63. The Bertz CT molecular complexity index is 911. The Kier molecular flexibility index (Phi) is 6.73. The summed E-state index contributed by atoms with van der Waals surface area (Å²) < 4.78 is 5.35. The van der Waals surface area contributed by atoms with Gasteiger partial charge in [-0.15, -0.1) is 0 Å². The molecule has 2 aromatic rings. The molecule has 1 saturated heterocycles. The van der Waals surface area contributed by atoms with Gasteiger partial charge in [0.25, 0.3) is 11.6 Å². The molecule has 2 N–H and O–H groups in total. The van der Waals surface area contributed by atoms with Gasteiger partial charge in [0.05, 0.1) is 29.4 Å². The molecule has 0 unspecified atom stereocenters. The number of nitro groups is 1. The number of amides is 1. The number of benzene rings is 2. The third kappa shape index (κ3) is 5.27. The molecule has 0 atom stereocenters. The van der Waals surface area contributed by atoms with Crippen LogP contribution >= 0.6 is 12.2 Å². The summed E-state index contributed by atoms with van der Waals surface area (Å²) in [6, 6.07) is 12.0. The number of carbonyl (C=O) groups excluding carboxylic acids is 1. The van der Waals surface area contributed by atoms with Crippen LogP contribution in [-0.4, -0.2) is 42.2 Å². The topological polar surface area (TPSA) is 96.7 Å². The fraction of sp³-hybridized carbons (Fsp3) is 0.300. The Balaban J connectivity index is 1.77. The molecule has 0 spiro atoms. The summed E-state index contributed by atoms with van der Waals surface area (Å²) in [7, 11) is 0. The molecule has 152 valence electrons. The van der Waals surface area contributed by atoms with Gasteiger partial charge in [-0.3, -0.25) is 20.2 Å². The molecule has 0 bridgehead atoms. The van der Waals surface area contributed by atoms with E-state index in [0.29, 0.717) is 32.0 Å². The van der Waals surface area contributed by atoms with Crippen molar-refractivity contribution in [2.24, 2.45) is 0 Å². The van der Waals surface area contributed by atoms with E-state index in [1.165, 1.54) is 17.7 Å². The van der Waals surface area contributed by atoms with E-state index in [9.17, 15) is 14.9 Å². The molecule has 1 amide bonds. The predicted octanol–water partition coefficient (Wildman–Crippen LogP) is 3.12. The summed E-state index contributed by atoms with van der Waals surface area (Å²) in [5, 5.41) is 16.9. The highest BCUT2D eigenvalue weighted by molar-refractivity contribution is 7.80. The fourth-order valence-electron chi connectivity index (χ4n) is 3.06. The molecule has 8 nitrogen and oxygen atoms in total. The number of hydrogen-bond donors (Lipinski definition) is 2. The van der Waals surface area contributed by atoms with Gasteiger partial charge in [-0.1, -0.05) is 19.1 Å². The number of nitrogens with zero attached hydrogens (tertiary/aromatic N) is 2.